The highest BCUT2D eigenvalue weighted by Crippen LogP contribution is 2.15. The predicted octanol–water partition coefficient (Wildman–Crippen LogP) is 4.93. The molecule has 0 nitrogen and oxygen atoms in total. The van der Waals surface area contributed by atoms with Crippen molar-refractivity contribution in [3.05, 3.63) is 34.9 Å². The predicted molar refractivity (Wildman–Crippen MR) is 70.5 cm³/mol. The average molecular weight is 206 g/mol. The molecule has 0 radical (unpaired) electrons. The van der Waals surface area contributed by atoms with E-state index >= 15 is 0 Å². The first kappa shape index (κ1) is 14.2. The van der Waals surface area contributed by atoms with Gasteiger partial charge in [0.2, 0.25) is 0 Å². The maximum atomic E-state index is 2.34. The van der Waals surface area contributed by atoms with Crippen molar-refractivity contribution in [1.29, 1.82) is 0 Å². The summed E-state index contributed by atoms with van der Waals surface area (Å²) in [5.41, 5.74) is 4.50. The lowest BCUT2D eigenvalue weighted by Crippen LogP contribution is -1.94. The molecular formula is C15H26. The van der Waals surface area contributed by atoms with E-state index in [1.807, 2.05) is 13.8 Å². The zero-order chi connectivity index (χ0) is 11.7. The molecule has 0 heteroatoms. The minimum Gasteiger partial charge on any atom is -0.0683 e. The maximum Gasteiger partial charge on any atom is -0.0279 e. The van der Waals surface area contributed by atoms with Gasteiger partial charge in [0.15, 0.2) is 0 Å². The summed E-state index contributed by atoms with van der Waals surface area (Å²) in [5, 5.41) is 0. The van der Waals surface area contributed by atoms with Crippen LogP contribution in [0.3, 0.4) is 0 Å². The summed E-state index contributed by atoms with van der Waals surface area (Å²) in [7, 11) is 0. The van der Waals surface area contributed by atoms with Gasteiger partial charge >= 0.3 is 0 Å². The minimum atomic E-state index is 1.23. The molecule has 0 atom stereocenters. The fourth-order valence-corrected chi connectivity index (χ4v) is 1.77. The highest BCUT2D eigenvalue weighted by molar-refractivity contribution is 5.31. The van der Waals surface area contributed by atoms with Gasteiger partial charge in [-0.3, -0.25) is 0 Å². The SMILES string of the molecule is CC.CCCc1ccc(C)cc1CCC. The summed E-state index contributed by atoms with van der Waals surface area (Å²) in [5.74, 6) is 0. The first-order chi connectivity index (χ1) is 7.27. The normalized spacial score (nSPS) is 9.40. The van der Waals surface area contributed by atoms with Crippen molar-refractivity contribution in [2.45, 2.75) is 60.3 Å². The van der Waals surface area contributed by atoms with Gasteiger partial charge in [-0.05, 0) is 30.9 Å². The van der Waals surface area contributed by atoms with Crippen LogP contribution in [0.1, 0.15) is 57.2 Å². The molecular weight excluding hydrogens is 180 g/mol. The van der Waals surface area contributed by atoms with Crippen molar-refractivity contribution in [2.24, 2.45) is 0 Å². The van der Waals surface area contributed by atoms with E-state index in [9.17, 15) is 0 Å². The van der Waals surface area contributed by atoms with E-state index < -0.39 is 0 Å². The lowest BCUT2D eigenvalue weighted by atomic mass is 9.98. The summed E-state index contributed by atoms with van der Waals surface area (Å²) in [6, 6.07) is 6.86. The van der Waals surface area contributed by atoms with Gasteiger partial charge in [0, 0.05) is 0 Å². The third kappa shape index (κ3) is 5.01. The van der Waals surface area contributed by atoms with Crippen molar-refractivity contribution in [3.8, 4) is 0 Å². The smallest absolute Gasteiger partial charge is 0.0279 e. The van der Waals surface area contributed by atoms with Gasteiger partial charge in [0.05, 0.1) is 0 Å². The van der Waals surface area contributed by atoms with Crippen LogP contribution in [0.15, 0.2) is 18.2 Å². The number of aryl methyl sites for hydroxylation is 3. The summed E-state index contributed by atoms with van der Waals surface area (Å²) in [4.78, 5) is 0. The van der Waals surface area contributed by atoms with Crippen molar-refractivity contribution in [2.75, 3.05) is 0 Å². The van der Waals surface area contributed by atoms with E-state index in [1.165, 1.54) is 31.2 Å². The molecule has 0 bridgehead atoms. The van der Waals surface area contributed by atoms with Crippen molar-refractivity contribution >= 4 is 0 Å². The summed E-state index contributed by atoms with van der Waals surface area (Å²) in [6.07, 6.45) is 4.96. The van der Waals surface area contributed by atoms with Crippen molar-refractivity contribution < 1.29 is 0 Å². The van der Waals surface area contributed by atoms with E-state index in [-0.39, 0.29) is 0 Å². The molecule has 0 unspecified atom stereocenters. The standard InChI is InChI=1S/C13H20.C2H6/c1-4-6-12-9-8-11(3)10-13(12)7-5-2;1-2/h8-10H,4-7H2,1-3H3;1-2H3. The van der Waals surface area contributed by atoms with Crippen LogP contribution in [0, 0.1) is 6.92 Å². The molecule has 0 heterocycles. The Bertz CT molecular complexity index is 261. The molecule has 0 aliphatic rings. The van der Waals surface area contributed by atoms with E-state index in [4.69, 9.17) is 0 Å². The van der Waals surface area contributed by atoms with E-state index in [0.717, 1.165) is 0 Å². The summed E-state index contributed by atoms with van der Waals surface area (Å²) >= 11 is 0. The van der Waals surface area contributed by atoms with Crippen LogP contribution in [-0.2, 0) is 12.8 Å². The van der Waals surface area contributed by atoms with Gasteiger partial charge in [-0.15, -0.1) is 0 Å². The molecule has 86 valence electrons. The minimum absolute atomic E-state index is 1.23. The van der Waals surface area contributed by atoms with Gasteiger partial charge in [-0.25, -0.2) is 0 Å². The molecule has 1 aromatic carbocycles. The van der Waals surface area contributed by atoms with Gasteiger partial charge in [-0.2, -0.15) is 0 Å². The van der Waals surface area contributed by atoms with Crippen LogP contribution >= 0.6 is 0 Å². The number of hydrogen-bond donors (Lipinski definition) is 0. The lowest BCUT2D eigenvalue weighted by molar-refractivity contribution is 0.859. The van der Waals surface area contributed by atoms with Crippen LogP contribution in [0.25, 0.3) is 0 Å². The van der Waals surface area contributed by atoms with Crippen molar-refractivity contribution in [1.82, 2.24) is 0 Å². The second kappa shape index (κ2) is 8.52. The summed E-state index contributed by atoms with van der Waals surface area (Å²) in [6.45, 7) is 10.7. The molecule has 0 aliphatic carbocycles. The molecule has 1 rings (SSSR count). The van der Waals surface area contributed by atoms with E-state index in [1.54, 1.807) is 11.1 Å². The molecule has 0 saturated heterocycles. The number of rotatable bonds is 4. The lowest BCUT2D eigenvalue weighted by Gasteiger charge is -2.08. The van der Waals surface area contributed by atoms with E-state index in [2.05, 4.69) is 39.0 Å². The first-order valence-corrected chi connectivity index (χ1v) is 6.36. The molecule has 1 aromatic rings. The molecule has 0 aliphatic heterocycles. The van der Waals surface area contributed by atoms with Gasteiger partial charge in [0.1, 0.15) is 0 Å². The molecule has 0 N–H and O–H groups in total. The highest BCUT2D eigenvalue weighted by Gasteiger charge is 2.00. The second-order valence-corrected chi connectivity index (χ2v) is 3.77. The third-order valence-corrected chi connectivity index (χ3v) is 2.40. The van der Waals surface area contributed by atoms with Crippen LogP contribution in [-0.4, -0.2) is 0 Å². The fraction of sp³-hybridized carbons (Fsp3) is 0.600. The van der Waals surface area contributed by atoms with Gasteiger partial charge in [-0.1, -0.05) is 64.3 Å². The topological polar surface area (TPSA) is 0 Å². The molecule has 0 fully saturated rings. The Morgan fingerprint density at radius 1 is 0.867 bits per heavy atom. The van der Waals surface area contributed by atoms with Crippen LogP contribution in [0.4, 0.5) is 0 Å². The Morgan fingerprint density at radius 2 is 1.40 bits per heavy atom. The van der Waals surface area contributed by atoms with Crippen LogP contribution < -0.4 is 0 Å². The quantitative estimate of drug-likeness (QED) is 0.655. The highest BCUT2D eigenvalue weighted by atomic mass is 14.1. The average Bonchev–Trinajstić information content (AvgIpc) is 2.26. The Morgan fingerprint density at radius 3 is 1.93 bits per heavy atom. The summed E-state index contributed by atoms with van der Waals surface area (Å²) < 4.78 is 0. The monoisotopic (exact) mass is 206 g/mol. The van der Waals surface area contributed by atoms with E-state index in [0.29, 0.717) is 0 Å². The second-order valence-electron chi connectivity index (χ2n) is 3.77. The van der Waals surface area contributed by atoms with Crippen LogP contribution in [0.5, 0.6) is 0 Å². The zero-order valence-corrected chi connectivity index (χ0v) is 11.1. The Balaban J connectivity index is 0.000000921. The zero-order valence-electron chi connectivity index (χ0n) is 11.1. The molecule has 0 saturated carbocycles. The largest absolute Gasteiger partial charge is 0.0683 e. The maximum absolute atomic E-state index is 2.34. The van der Waals surface area contributed by atoms with Gasteiger partial charge in [0.25, 0.3) is 0 Å². The molecule has 0 amide bonds. The molecule has 0 spiro atoms. The third-order valence-electron chi connectivity index (χ3n) is 2.40. The Hall–Kier alpha value is -0.780. The Labute approximate surface area is 95.7 Å². The van der Waals surface area contributed by atoms with Gasteiger partial charge < -0.3 is 0 Å². The van der Waals surface area contributed by atoms with Crippen molar-refractivity contribution in [3.63, 3.8) is 0 Å². The molecule has 0 aromatic heterocycles. The number of hydrogen-bond acceptors (Lipinski definition) is 0. The van der Waals surface area contributed by atoms with Crippen LogP contribution in [0.2, 0.25) is 0 Å². The first-order valence-electron chi connectivity index (χ1n) is 6.36. The molecule has 15 heavy (non-hydrogen) atoms. The Kier molecular flexibility index (Phi) is 8.08. The fourth-order valence-electron chi connectivity index (χ4n) is 1.77. The number of benzene rings is 1.